The largest absolute Gasteiger partial charge is 0.489 e. The van der Waals surface area contributed by atoms with E-state index in [1.807, 2.05) is 47.1 Å². The van der Waals surface area contributed by atoms with Gasteiger partial charge >= 0.3 is 0 Å². The zero-order valence-corrected chi connectivity index (χ0v) is 17.3. The van der Waals surface area contributed by atoms with Crippen molar-refractivity contribution in [3.63, 3.8) is 0 Å². The molecule has 3 atom stereocenters. The van der Waals surface area contributed by atoms with Gasteiger partial charge in [0.25, 0.3) is 5.91 Å². The van der Waals surface area contributed by atoms with Crippen molar-refractivity contribution in [2.45, 2.75) is 37.6 Å². The van der Waals surface area contributed by atoms with Crippen molar-refractivity contribution in [2.24, 2.45) is 0 Å². The number of benzene rings is 2. The minimum atomic E-state index is -0.943. The lowest BCUT2D eigenvalue weighted by molar-refractivity contribution is 0.0762. The molecule has 0 radical (unpaired) electrons. The second-order valence-corrected chi connectivity index (χ2v) is 8.00. The number of nitrogens with zero attached hydrogens (tertiary/aromatic N) is 4. The van der Waals surface area contributed by atoms with Crippen molar-refractivity contribution in [1.82, 2.24) is 20.1 Å². The van der Waals surface area contributed by atoms with Gasteiger partial charge < -0.3 is 20.1 Å². The zero-order chi connectivity index (χ0) is 21.4. The Morgan fingerprint density at radius 1 is 1.16 bits per heavy atom. The molecule has 8 nitrogen and oxygen atoms in total. The predicted octanol–water partition coefficient (Wildman–Crippen LogP) is 2.15. The maximum absolute atomic E-state index is 13.0. The molecule has 2 aliphatic rings. The van der Waals surface area contributed by atoms with Gasteiger partial charge in [0.15, 0.2) is 6.23 Å². The molecule has 5 rings (SSSR count). The summed E-state index contributed by atoms with van der Waals surface area (Å²) in [5, 5.41) is 18.2. The molecular formula is C23H25N5O3. The van der Waals surface area contributed by atoms with E-state index in [2.05, 4.69) is 27.5 Å². The molecular weight excluding hydrogens is 394 g/mol. The third-order valence-corrected chi connectivity index (χ3v) is 6.00. The molecule has 0 fully saturated rings. The average molecular weight is 419 g/mol. The monoisotopic (exact) mass is 419 g/mol. The quantitative estimate of drug-likeness (QED) is 0.676. The van der Waals surface area contributed by atoms with Gasteiger partial charge in [-0.15, -0.1) is 5.10 Å². The van der Waals surface area contributed by atoms with Gasteiger partial charge in [0.1, 0.15) is 24.2 Å². The summed E-state index contributed by atoms with van der Waals surface area (Å²) in [6.07, 6.45) is 1.80. The number of fused-ring (bicyclic) bond motifs is 2. The second-order valence-electron chi connectivity index (χ2n) is 8.00. The third-order valence-electron chi connectivity index (χ3n) is 6.00. The van der Waals surface area contributed by atoms with E-state index < -0.39 is 18.2 Å². The van der Waals surface area contributed by atoms with Crippen molar-refractivity contribution >= 4 is 11.6 Å². The van der Waals surface area contributed by atoms with Crippen LogP contribution in [0.4, 0.5) is 5.69 Å². The molecule has 0 spiro atoms. The van der Waals surface area contributed by atoms with Crippen LogP contribution in [0.1, 0.15) is 40.9 Å². The van der Waals surface area contributed by atoms with E-state index >= 15 is 0 Å². The lowest BCUT2D eigenvalue weighted by atomic mass is 9.98. The average Bonchev–Trinajstić information content (AvgIpc) is 3.22. The Morgan fingerprint density at radius 2 is 1.94 bits per heavy atom. The van der Waals surface area contributed by atoms with E-state index in [-0.39, 0.29) is 18.5 Å². The van der Waals surface area contributed by atoms with Gasteiger partial charge in [-0.05, 0) is 30.5 Å². The van der Waals surface area contributed by atoms with E-state index in [0.717, 1.165) is 36.3 Å². The van der Waals surface area contributed by atoms with Gasteiger partial charge in [-0.3, -0.25) is 4.79 Å². The lowest BCUT2D eigenvalue weighted by Gasteiger charge is -2.28. The molecule has 160 valence electrons. The Morgan fingerprint density at radius 3 is 2.77 bits per heavy atom. The fourth-order valence-corrected chi connectivity index (χ4v) is 4.33. The summed E-state index contributed by atoms with van der Waals surface area (Å²) in [7, 11) is 1.77. The molecule has 2 aliphatic heterocycles. The van der Waals surface area contributed by atoms with E-state index in [1.54, 1.807) is 11.9 Å². The number of likely N-dealkylation sites (N-methyl/N-ethyl adjacent to an activating group) is 1. The number of aryl methyl sites for hydroxylation is 1. The Labute approximate surface area is 180 Å². The number of hydrogen-bond acceptors (Lipinski definition) is 6. The van der Waals surface area contributed by atoms with E-state index in [9.17, 15) is 9.90 Å². The molecule has 3 heterocycles. The first-order valence-corrected chi connectivity index (χ1v) is 10.6. The molecule has 0 bridgehead atoms. The molecule has 1 amide bonds. The third kappa shape index (κ3) is 3.63. The van der Waals surface area contributed by atoms with Crippen LogP contribution in [0.2, 0.25) is 0 Å². The van der Waals surface area contributed by atoms with Crippen molar-refractivity contribution < 1.29 is 14.6 Å². The first kappa shape index (κ1) is 19.6. The normalized spacial score (nSPS) is 22.6. The number of carbonyl (C=O) groups is 1. The van der Waals surface area contributed by atoms with Crippen LogP contribution in [-0.2, 0) is 6.42 Å². The number of para-hydroxylation sites is 2. The fourth-order valence-electron chi connectivity index (χ4n) is 4.33. The van der Waals surface area contributed by atoms with E-state index in [4.69, 9.17) is 4.74 Å². The first-order valence-electron chi connectivity index (χ1n) is 10.6. The number of amides is 1. The molecule has 0 saturated heterocycles. The summed E-state index contributed by atoms with van der Waals surface area (Å²) >= 11 is 0. The number of aromatic nitrogens is 3. The van der Waals surface area contributed by atoms with Crippen LogP contribution >= 0.6 is 0 Å². The molecule has 8 heteroatoms. The summed E-state index contributed by atoms with van der Waals surface area (Å²) in [5.74, 6) is 1.18. The highest BCUT2D eigenvalue weighted by Crippen LogP contribution is 2.32. The van der Waals surface area contributed by atoms with Crippen LogP contribution in [0.5, 0.6) is 5.75 Å². The van der Waals surface area contributed by atoms with Gasteiger partial charge in [0.2, 0.25) is 5.82 Å². The number of carbonyl (C=O) groups excluding carboxylic acids is 1. The van der Waals surface area contributed by atoms with Crippen LogP contribution in [0.3, 0.4) is 0 Å². The van der Waals surface area contributed by atoms with Crippen molar-refractivity contribution in [2.75, 3.05) is 18.6 Å². The summed E-state index contributed by atoms with van der Waals surface area (Å²) in [6, 6.07) is 17.1. The molecule has 31 heavy (non-hydrogen) atoms. The minimum Gasteiger partial charge on any atom is -0.489 e. The van der Waals surface area contributed by atoms with Gasteiger partial charge in [0, 0.05) is 13.5 Å². The standard InChI is InChI=1S/C23H25N5O3/c1-27-18-10-5-6-12-19(18)31-14-16(23(27)30)24-22(29)21-25-20-13-7-11-17(28(20)26-21)15-8-3-2-4-9-15/h2-6,8-10,12,16-17,23,30H,7,11,13-14H2,1H3,(H,24,29)/t16-,17+,23?/m0/s1. The topological polar surface area (TPSA) is 92.5 Å². The Balaban J connectivity index is 1.35. The molecule has 2 aromatic carbocycles. The van der Waals surface area contributed by atoms with E-state index in [1.165, 1.54) is 0 Å². The maximum atomic E-state index is 13.0. The van der Waals surface area contributed by atoms with Gasteiger partial charge in [-0.1, -0.05) is 42.5 Å². The first-order chi connectivity index (χ1) is 15.1. The zero-order valence-electron chi connectivity index (χ0n) is 17.3. The number of ether oxygens (including phenoxy) is 1. The summed E-state index contributed by atoms with van der Waals surface area (Å²) < 4.78 is 7.70. The Bertz CT molecular complexity index is 1080. The highest BCUT2D eigenvalue weighted by molar-refractivity contribution is 5.90. The molecule has 0 aliphatic carbocycles. The maximum Gasteiger partial charge on any atom is 0.291 e. The molecule has 0 saturated carbocycles. The second kappa shape index (κ2) is 8.03. The van der Waals surface area contributed by atoms with Crippen LogP contribution in [0.25, 0.3) is 0 Å². The minimum absolute atomic E-state index is 0.0754. The highest BCUT2D eigenvalue weighted by Gasteiger charge is 2.33. The number of aliphatic hydroxyl groups is 1. The van der Waals surface area contributed by atoms with Crippen molar-refractivity contribution in [3.05, 3.63) is 71.8 Å². The van der Waals surface area contributed by atoms with Crippen LogP contribution in [0, 0.1) is 0 Å². The van der Waals surface area contributed by atoms with Crippen LogP contribution in [0.15, 0.2) is 54.6 Å². The van der Waals surface area contributed by atoms with E-state index in [0.29, 0.717) is 5.75 Å². The molecule has 1 aromatic heterocycles. The Hall–Kier alpha value is -3.39. The summed E-state index contributed by atoms with van der Waals surface area (Å²) in [4.78, 5) is 19.2. The number of nitrogens with one attached hydrogen (secondary N) is 1. The predicted molar refractivity (Wildman–Crippen MR) is 115 cm³/mol. The van der Waals surface area contributed by atoms with Gasteiger partial charge in [-0.25, -0.2) is 9.67 Å². The molecule has 2 N–H and O–H groups in total. The van der Waals surface area contributed by atoms with Crippen LogP contribution in [-0.4, -0.2) is 51.7 Å². The number of hydrogen-bond donors (Lipinski definition) is 2. The smallest absolute Gasteiger partial charge is 0.291 e. The van der Waals surface area contributed by atoms with Gasteiger partial charge in [-0.2, -0.15) is 0 Å². The van der Waals surface area contributed by atoms with Crippen molar-refractivity contribution in [1.29, 1.82) is 0 Å². The number of rotatable bonds is 3. The Kier molecular flexibility index (Phi) is 5.07. The summed E-state index contributed by atoms with van der Waals surface area (Å²) in [6.45, 7) is 0.147. The number of aliphatic hydroxyl groups excluding tert-OH is 1. The fraction of sp³-hybridized carbons (Fsp3) is 0.348. The SMILES string of the molecule is CN1c2ccccc2OC[C@H](NC(=O)c2nc3n(n2)[C@@H](c2ccccc2)CCC3)C1O. The highest BCUT2D eigenvalue weighted by atomic mass is 16.5. The summed E-state index contributed by atoms with van der Waals surface area (Å²) in [5.41, 5.74) is 1.93. The van der Waals surface area contributed by atoms with Crippen molar-refractivity contribution in [3.8, 4) is 5.75 Å². The number of anilines is 1. The van der Waals surface area contributed by atoms with Crippen LogP contribution < -0.4 is 15.0 Å². The van der Waals surface area contributed by atoms with Gasteiger partial charge in [0.05, 0.1) is 11.7 Å². The molecule has 3 aromatic rings. The lowest BCUT2D eigenvalue weighted by Crippen LogP contribution is -2.52. The molecule has 1 unspecified atom stereocenters.